The van der Waals surface area contributed by atoms with Crippen molar-refractivity contribution in [3.8, 4) is 0 Å². The fraction of sp³-hybridized carbons (Fsp3) is 0.333. The predicted octanol–water partition coefficient (Wildman–Crippen LogP) is -0.597. The van der Waals surface area contributed by atoms with Gasteiger partial charge in [0.2, 0.25) is 0 Å². The second-order valence-corrected chi connectivity index (χ2v) is 2.21. The summed E-state index contributed by atoms with van der Waals surface area (Å²) in [7, 11) is 0. The van der Waals surface area contributed by atoms with E-state index in [4.69, 9.17) is 17.2 Å². The molecule has 3 nitrogen and oxygen atoms in total. The average Bonchev–Trinajstić information content (AvgIpc) is 1.80. The van der Waals surface area contributed by atoms with Gasteiger partial charge in [0.15, 0.2) is 0 Å². The lowest BCUT2D eigenvalue weighted by molar-refractivity contribution is 0.770. The minimum absolute atomic E-state index is 0.0531. The normalized spacial score (nSPS) is 27.0. The van der Waals surface area contributed by atoms with Gasteiger partial charge in [-0.05, 0) is 6.08 Å². The van der Waals surface area contributed by atoms with Gasteiger partial charge in [-0.1, -0.05) is 6.08 Å². The number of nitrogens with two attached hydrogens (primary N) is 3. The molecule has 50 valence electrons. The minimum atomic E-state index is 0.0531. The largest absolute Gasteiger partial charge is 0.400 e. The Morgan fingerprint density at radius 3 is 2.56 bits per heavy atom. The molecule has 0 aromatic heterocycles. The molecule has 0 amide bonds. The first-order chi connectivity index (χ1) is 4.20. The fourth-order valence-corrected chi connectivity index (χ4v) is 0.774. The summed E-state index contributed by atoms with van der Waals surface area (Å²) in [4.78, 5) is 0. The fourth-order valence-electron chi connectivity index (χ4n) is 0.774. The van der Waals surface area contributed by atoms with E-state index in [1.54, 1.807) is 6.08 Å². The first-order valence-corrected chi connectivity index (χ1v) is 2.88. The second kappa shape index (κ2) is 2.11. The van der Waals surface area contributed by atoms with Crippen LogP contribution >= 0.6 is 0 Å². The van der Waals surface area contributed by atoms with E-state index in [9.17, 15) is 0 Å². The molecular weight excluding hydrogens is 114 g/mol. The molecule has 1 atom stereocenters. The molecule has 0 fully saturated rings. The molecule has 0 spiro atoms. The van der Waals surface area contributed by atoms with Crippen molar-refractivity contribution in [2.75, 3.05) is 0 Å². The van der Waals surface area contributed by atoms with Gasteiger partial charge >= 0.3 is 0 Å². The Morgan fingerprint density at radius 1 is 1.44 bits per heavy atom. The molecule has 0 aliphatic heterocycles. The van der Waals surface area contributed by atoms with Crippen LogP contribution in [0.5, 0.6) is 0 Å². The summed E-state index contributed by atoms with van der Waals surface area (Å²) in [5.41, 5.74) is 17.8. The minimum Gasteiger partial charge on any atom is -0.400 e. The van der Waals surface area contributed by atoms with Gasteiger partial charge in [-0.2, -0.15) is 0 Å². The van der Waals surface area contributed by atoms with Crippen molar-refractivity contribution < 1.29 is 0 Å². The van der Waals surface area contributed by atoms with Crippen molar-refractivity contribution in [1.29, 1.82) is 0 Å². The molecule has 0 saturated heterocycles. The summed E-state index contributed by atoms with van der Waals surface area (Å²) in [6, 6.07) is 0.0531. The van der Waals surface area contributed by atoms with E-state index in [2.05, 4.69) is 0 Å². The molecule has 0 saturated carbocycles. The Morgan fingerprint density at radius 2 is 2.11 bits per heavy atom. The van der Waals surface area contributed by atoms with E-state index in [0.29, 0.717) is 17.8 Å². The molecule has 1 unspecified atom stereocenters. The third-order valence-electron chi connectivity index (χ3n) is 1.35. The van der Waals surface area contributed by atoms with Gasteiger partial charge < -0.3 is 17.2 Å². The molecular formula is C6H11N3. The first kappa shape index (κ1) is 6.16. The van der Waals surface area contributed by atoms with Crippen molar-refractivity contribution >= 4 is 0 Å². The molecule has 0 aromatic rings. The van der Waals surface area contributed by atoms with Crippen LogP contribution in [0.15, 0.2) is 23.5 Å². The van der Waals surface area contributed by atoms with E-state index >= 15 is 0 Å². The zero-order chi connectivity index (χ0) is 6.85. The van der Waals surface area contributed by atoms with Crippen LogP contribution in [0.1, 0.15) is 6.42 Å². The standard InChI is InChI=1S/C6H11N3/c7-4-1-2-5(8)6(9)3-4/h1-2,4H,3,7-9H2. The molecule has 0 heterocycles. The Hall–Kier alpha value is -0.960. The SMILES string of the molecule is NC1=C(N)CC(N)C=C1. The van der Waals surface area contributed by atoms with Crippen molar-refractivity contribution in [1.82, 2.24) is 0 Å². The van der Waals surface area contributed by atoms with E-state index in [0.717, 1.165) is 0 Å². The van der Waals surface area contributed by atoms with Crippen LogP contribution in [-0.2, 0) is 0 Å². The molecule has 0 radical (unpaired) electrons. The van der Waals surface area contributed by atoms with Crippen LogP contribution in [0.3, 0.4) is 0 Å². The van der Waals surface area contributed by atoms with E-state index in [-0.39, 0.29) is 6.04 Å². The molecule has 0 aromatic carbocycles. The first-order valence-electron chi connectivity index (χ1n) is 2.88. The average molecular weight is 125 g/mol. The third-order valence-corrected chi connectivity index (χ3v) is 1.35. The predicted molar refractivity (Wildman–Crippen MR) is 37.1 cm³/mol. The highest BCUT2D eigenvalue weighted by Gasteiger charge is 2.06. The summed E-state index contributed by atoms with van der Waals surface area (Å²) in [5.74, 6) is 0. The molecule has 6 N–H and O–H groups in total. The Balaban J connectivity index is 2.75. The Kier molecular flexibility index (Phi) is 1.44. The van der Waals surface area contributed by atoms with E-state index in [1.807, 2.05) is 6.08 Å². The number of rotatable bonds is 0. The lowest BCUT2D eigenvalue weighted by atomic mass is 10.1. The zero-order valence-corrected chi connectivity index (χ0v) is 5.17. The van der Waals surface area contributed by atoms with Gasteiger partial charge in [0, 0.05) is 18.2 Å². The smallest absolute Gasteiger partial charge is 0.0502 e. The van der Waals surface area contributed by atoms with Crippen molar-refractivity contribution in [3.63, 3.8) is 0 Å². The van der Waals surface area contributed by atoms with Crippen molar-refractivity contribution in [3.05, 3.63) is 23.5 Å². The summed E-state index contributed by atoms with van der Waals surface area (Å²) in [5, 5.41) is 0. The highest BCUT2D eigenvalue weighted by Crippen LogP contribution is 2.08. The summed E-state index contributed by atoms with van der Waals surface area (Å²) >= 11 is 0. The summed E-state index contributed by atoms with van der Waals surface area (Å²) in [6.45, 7) is 0. The van der Waals surface area contributed by atoms with Gasteiger partial charge in [-0.15, -0.1) is 0 Å². The van der Waals surface area contributed by atoms with Gasteiger partial charge in [0.1, 0.15) is 0 Å². The molecule has 1 aliphatic rings. The van der Waals surface area contributed by atoms with Crippen LogP contribution in [0.4, 0.5) is 0 Å². The number of allylic oxidation sites excluding steroid dienone is 1. The Bertz CT molecular complexity index is 169. The maximum absolute atomic E-state index is 5.53. The molecule has 1 aliphatic carbocycles. The van der Waals surface area contributed by atoms with Crippen LogP contribution in [0, 0.1) is 0 Å². The quantitative estimate of drug-likeness (QED) is 0.404. The monoisotopic (exact) mass is 125 g/mol. The van der Waals surface area contributed by atoms with Crippen LogP contribution < -0.4 is 17.2 Å². The maximum atomic E-state index is 5.53. The molecule has 3 heteroatoms. The number of hydrogen-bond donors (Lipinski definition) is 3. The lowest BCUT2D eigenvalue weighted by Crippen LogP contribution is -2.25. The van der Waals surface area contributed by atoms with Gasteiger partial charge in [-0.25, -0.2) is 0 Å². The van der Waals surface area contributed by atoms with Crippen LogP contribution in [0.2, 0.25) is 0 Å². The highest BCUT2D eigenvalue weighted by molar-refractivity contribution is 5.27. The molecule has 9 heavy (non-hydrogen) atoms. The number of hydrogen-bond acceptors (Lipinski definition) is 3. The van der Waals surface area contributed by atoms with Crippen molar-refractivity contribution in [2.45, 2.75) is 12.5 Å². The topological polar surface area (TPSA) is 78.1 Å². The van der Waals surface area contributed by atoms with E-state index < -0.39 is 0 Å². The van der Waals surface area contributed by atoms with Crippen LogP contribution in [0.25, 0.3) is 0 Å². The van der Waals surface area contributed by atoms with E-state index in [1.165, 1.54) is 0 Å². The summed E-state index contributed by atoms with van der Waals surface area (Å²) < 4.78 is 0. The highest BCUT2D eigenvalue weighted by atomic mass is 14.7. The third kappa shape index (κ3) is 1.23. The second-order valence-electron chi connectivity index (χ2n) is 2.21. The zero-order valence-electron chi connectivity index (χ0n) is 5.17. The maximum Gasteiger partial charge on any atom is 0.0502 e. The summed E-state index contributed by atoms with van der Waals surface area (Å²) in [6.07, 6.45) is 4.29. The lowest BCUT2D eigenvalue weighted by Gasteiger charge is -2.13. The molecule has 1 rings (SSSR count). The van der Waals surface area contributed by atoms with Crippen molar-refractivity contribution in [2.24, 2.45) is 17.2 Å². The molecule has 0 bridgehead atoms. The van der Waals surface area contributed by atoms with Gasteiger partial charge in [-0.3, -0.25) is 0 Å². The van der Waals surface area contributed by atoms with Gasteiger partial charge in [0.25, 0.3) is 0 Å². The van der Waals surface area contributed by atoms with Gasteiger partial charge in [0.05, 0.1) is 5.70 Å². The van der Waals surface area contributed by atoms with Crippen LogP contribution in [-0.4, -0.2) is 6.04 Å². The Labute approximate surface area is 54.2 Å².